The van der Waals surface area contributed by atoms with Crippen LogP contribution < -0.4 is 5.32 Å². The fourth-order valence-corrected chi connectivity index (χ4v) is 4.22. The van der Waals surface area contributed by atoms with Crippen LogP contribution in [-0.4, -0.2) is 35.6 Å². The van der Waals surface area contributed by atoms with Crippen LogP contribution in [0.5, 0.6) is 0 Å². The monoisotopic (exact) mass is 403 g/mol. The van der Waals surface area contributed by atoms with Gasteiger partial charge in [-0.15, -0.1) is 0 Å². The van der Waals surface area contributed by atoms with Crippen molar-refractivity contribution in [2.75, 3.05) is 0 Å². The van der Waals surface area contributed by atoms with Crippen molar-refractivity contribution in [2.24, 2.45) is 7.05 Å². The van der Waals surface area contributed by atoms with Gasteiger partial charge in [0.25, 0.3) is 5.91 Å². The fraction of sp³-hybridized carbons (Fsp3) is 0.150. The van der Waals surface area contributed by atoms with Crippen LogP contribution in [0.4, 0.5) is 0 Å². The minimum Gasteiger partial charge on any atom is -0.344 e. The van der Waals surface area contributed by atoms with E-state index < -0.39 is 0 Å². The van der Waals surface area contributed by atoms with Crippen LogP contribution >= 0.6 is 11.3 Å². The molecule has 2 N–H and O–H groups in total. The number of aromatic nitrogens is 6. The second-order valence-electron chi connectivity index (χ2n) is 6.80. The molecule has 0 spiro atoms. The summed E-state index contributed by atoms with van der Waals surface area (Å²) in [6.07, 6.45) is 5.18. The van der Waals surface area contributed by atoms with Gasteiger partial charge >= 0.3 is 0 Å². The molecule has 29 heavy (non-hydrogen) atoms. The van der Waals surface area contributed by atoms with E-state index in [0.29, 0.717) is 5.69 Å². The Kier molecular flexibility index (Phi) is 4.09. The number of nitrogens with zero attached hydrogens (tertiary/aromatic N) is 5. The second-order valence-corrected chi connectivity index (χ2v) is 7.78. The van der Waals surface area contributed by atoms with Gasteiger partial charge in [0.1, 0.15) is 26.6 Å². The number of fused-ring (bicyclic) bond motifs is 3. The minimum atomic E-state index is -0.216. The van der Waals surface area contributed by atoms with Crippen molar-refractivity contribution in [1.29, 1.82) is 0 Å². The summed E-state index contributed by atoms with van der Waals surface area (Å²) < 4.78 is 1.96. The molecule has 9 heteroatoms. The Bertz CT molecular complexity index is 1340. The molecule has 1 amide bonds. The molecule has 1 aromatic carbocycles. The summed E-state index contributed by atoms with van der Waals surface area (Å²) in [6, 6.07) is 9.50. The molecule has 0 fully saturated rings. The van der Waals surface area contributed by atoms with Gasteiger partial charge in [-0.3, -0.25) is 9.89 Å². The highest BCUT2D eigenvalue weighted by molar-refractivity contribution is 7.21. The number of nitrogens with one attached hydrogen (secondary N) is 2. The first-order chi connectivity index (χ1) is 14.1. The molecule has 5 aromatic rings. The van der Waals surface area contributed by atoms with Gasteiger partial charge in [0.05, 0.1) is 24.1 Å². The summed E-state index contributed by atoms with van der Waals surface area (Å²) in [7, 11) is 1.96. The Balaban J connectivity index is 1.48. The summed E-state index contributed by atoms with van der Waals surface area (Å²) in [4.78, 5) is 26.8. The number of pyridine rings is 1. The zero-order valence-corrected chi connectivity index (χ0v) is 16.6. The quantitative estimate of drug-likeness (QED) is 0.478. The number of aromatic amines is 1. The van der Waals surface area contributed by atoms with Crippen LogP contribution in [0.15, 0.2) is 49.1 Å². The molecule has 0 radical (unpaired) electrons. The maximum atomic E-state index is 12.3. The Morgan fingerprint density at radius 2 is 2.17 bits per heavy atom. The van der Waals surface area contributed by atoms with Crippen LogP contribution in [0.2, 0.25) is 0 Å². The Morgan fingerprint density at radius 1 is 1.28 bits per heavy atom. The molecular weight excluding hydrogens is 386 g/mol. The zero-order chi connectivity index (χ0) is 20.0. The van der Waals surface area contributed by atoms with E-state index in [9.17, 15) is 4.79 Å². The third-order valence-corrected chi connectivity index (χ3v) is 5.83. The third-order valence-electron chi connectivity index (χ3n) is 4.82. The number of hydrogen-bond donors (Lipinski definition) is 2. The van der Waals surface area contributed by atoms with Crippen molar-refractivity contribution in [1.82, 2.24) is 35.0 Å². The van der Waals surface area contributed by atoms with Gasteiger partial charge in [-0.2, -0.15) is 5.10 Å². The normalized spacial score (nSPS) is 12.5. The van der Waals surface area contributed by atoms with Gasteiger partial charge in [0, 0.05) is 18.8 Å². The Labute approximate surface area is 169 Å². The SMILES string of the molecule is C[C@H](NC(=O)c1cc[nH]n1)c1cccc(-c2nc3c(ncc4ncn(C)c43)s2)c1. The number of carbonyl (C=O) groups is 1. The van der Waals surface area contributed by atoms with Gasteiger partial charge < -0.3 is 9.88 Å². The number of aryl methyl sites for hydroxylation is 1. The lowest BCUT2D eigenvalue weighted by Gasteiger charge is -2.14. The lowest BCUT2D eigenvalue weighted by molar-refractivity contribution is 0.0935. The van der Waals surface area contributed by atoms with Gasteiger partial charge in [0.2, 0.25) is 0 Å². The zero-order valence-electron chi connectivity index (χ0n) is 15.7. The molecule has 144 valence electrons. The van der Waals surface area contributed by atoms with Crippen molar-refractivity contribution in [3.05, 3.63) is 60.3 Å². The van der Waals surface area contributed by atoms with Gasteiger partial charge in [-0.05, 0) is 24.6 Å². The van der Waals surface area contributed by atoms with E-state index in [0.717, 1.165) is 37.5 Å². The molecule has 0 bridgehead atoms. The molecule has 0 unspecified atom stereocenters. The van der Waals surface area contributed by atoms with Gasteiger partial charge in [-0.1, -0.05) is 29.5 Å². The van der Waals surface area contributed by atoms with Crippen LogP contribution in [0.25, 0.3) is 32.0 Å². The van der Waals surface area contributed by atoms with Crippen molar-refractivity contribution in [2.45, 2.75) is 13.0 Å². The van der Waals surface area contributed by atoms with E-state index in [4.69, 9.17) is 4.98 Å². The van der Waals surface area contributed by atoms with Crippen LogP contribution in [-0.2, 0) is 7.05 Å². The maximum absolute atomic E-state index is 12.3. The number of benzene rings is 1. The molecule has 5 rings (SSSR count). The number of amides is 1. The van der Waals surface area contributed by atoms with E-state index in [1.165, 1.54) is 0 Å². The molecule has 0 aliphatic carbocycles. The Hall–Kier alpha value is -3.59. The summed E-state index contributed by atoms with van der Waals surface area (Å²) in [6.45, 7) is 1.95. The first kappa shape index (κ1) is 17.5. The summed E-state index contributed by atoms with van der Waals surface area (Å²) in [5.41, 5.74) is 5.01. The standard InChI is InChI=1S/C20H17N7OS/c1-11(24-18(28)14-6-7-23-26-14)12-4-3-5-13(8-12)19-25-16-17-15(22-10-27(17)2)9-21-20(16)29-19/h3-11H,1-2H3,(H,23,26)(H,24,28)/t11-/m0/s1. The largest absolute Gasteiger partial charge is 0.344 e. The molecule has 8 nitrogen and oxygen atoms in total. The smallest absolute Gasteiger partial charge is 0.272 e. The summed E-state index contributed by atoms with van der Waals surface area (Å²) >= 11 is 1.54. The summed E-state index contributed by atoms with van der Waals surface area (Å²) in [5, 5.41) is 10.4. The molecular formula is C20H17N7OS. The number of imidazole rings is 1. The van der Waals surface area contributed by atoms with Crippen molar-refractivity contribution in [3.63, 3.8) is 0 Å². The Morgan fingerprint density at radius 3 is 3.00 bits per heavy atom. The van der Waals surface area contributed by atoms with Crippen molar-refractivity contribution in [3.8, 4) is 10.6 Å². The second kappa shape index (κ2) is 6.78. The molecule has 4 heterocycles. The molecule has 0 aliphatic rings. The van der Waals surface area contributed by atoms with E-state index >= 15 is 0 Å². The maximum Gasteiger partial charge on any atom is 0.272 e. The first-order valence-electron chi connectivity index (χ1n) is 9.07. The third kappa shape index (κ3) is 3.05. The van der Waals surface area contributed by atoms with Gasteiger partial charge in [-0.25, -0.2) is 15.0 Å². The number of thiazole rings is 1. The molecule has 0 saturated heterocycles. The van der Waals surface area contributed by atoms with E-state index in [1.807, 2.05) is 42.8 Å². The van der Waals surface area contributed by atoms with E-state index in [1.54, 1.807) is 36.1 Å². The molecule has 0 saturated carbocycles. The topological polar surface area (TPSA) is 101 Å². The van der Waals surface area contributed by atoms with E-state index in [2.05, 4.69) is 25.5 Å². The number of carbonyl (C=O) groups excluding carboxylic acids is 1. The van der Waals surface area contributed by atoms with Crippen LogP contribution in [0.1, 0.15) is 29.0 Å². The average molecular weight is 403 g/mol. The van der Waals surface area contributed by atoms with Crippen molar-refractivity contribution < 1.29 is 4.79 Å². The lowest BCUT2D eigenvalue weighted by atomic mass is 10.1. The minimum absolute atomic E-state index is 0.171. The number of hydrogen-bond acceptors (Lipinski definition) is 6. The van der Waals surface area contributed by atoms with Gasteiger partial charge in [0.15, 0.2) is 0 Å². The summed E-state index contributed by atoms with van der Waals surface area (Å²) in [5.74, 6) is -0.216. The highest BCUT2D eigenvalue weighted by atomic mass is 32.1. The predicted octanol–water partition coefficient (Wildman–Crippen LogP) is 3.46. The number of H-pyrrole nitrogens is 1. The average Bonchev–Trinajstić information content (AvgIpc) is 3.47. The molecule has 1 atom stereocenters. The molecule has 4 aromatic heterocycles. The van der Waals surface area contributed by atoms with Crippen molar-refractivity contribution >= 4 is 38.6 Å². The molecule has 0 aliphatic heterocycles. The van der Waals surface area contributed by atoms with E-state index in [-0.39, 0.29) is 11.9 Å². The predicted molar refractivity (Wildman–Crippen MR) is 112 cm³/mol. The highest BCUT2D eigenvalue weighted by Gasteiger charge is 2.16. The first-order valence-corrected chi connectivity index (χ1v) is 9.89. The van der Waals surface area contributed by atoms with Crippen LogP contribution in [0.3, 0.4) is 0 Å². The highest BCUT2D eigenvalue weighted by Crippen LogP contribution is 2.33. The van der Waals surface area contributed by atoms with Crippen LogP contribution in [0, 0.1) is 0 Å². The fourth-order valence-electron chi connectivity index (χ4n) is 3.31. The number of rotatable bonds is 4. The lowest BCUT2D eigenvalue weighted by Crippen LogP contribution is -2.26.